The van der Waals surface area contributed by atoms with Crippen molar-refractivity contribution in [3.8, 4) is 5.75 Å². The van der Waals surface area contributed by atoms with Crippen molar-refractivity contribution in [2.75, 3.05) is 13.6 Å². The van der Waals surface area contributed by atoms with Gasteiger partial charge in [-0.05, 0) is 30.2 Å². The highest BCUT2D eigenvalue weighted by Crippen LogP contribution is 2.20. The standard InChI is InChI=1S/C21H26N2O4/c1-15(20(24)25)13-23(3)21(26)22-16(2)18-10-7-11-19(12-18)27-14-17-8-5-4-6-9-17/h4-12,15-16H,13-14H2,1-3H3,(H,22,26)(H,24,25)/t15?,16-/m0/s1. The van der Waals surface area contributed by atoms with Crippen LogP contribution in [-0.2, 0) is 11.4 Å². The Morgan fingerprint density at radius 2 is 1.81 bits per heavy atom. The van der Waals surface area contributed by atoms with E-state index in [1.807, 2.05) is 61.5 Å². The Bertz CT molecular complexity index is 764. The molecule has 0 aliphatic carbocycles. The molecular formula is C21H26N2O4. The first-order valence-electron chi connectivity index (χ1n) is 8.88. The predicted molar refractivity (Wildman–Crippen MR) is 104 cm³/mol. The number of nitrogens with one attached hydrogen (secondary N) is 1. The van der Waals surface area contributed by atoms with Gasteiger partial charge in [0.05, 0.1) is 12.0 Å². The number of benzene rings is 2. The molecular weight excluding hydrogens is 344 g/mol. The highest BCUT2D eigenvalue weighted by atomic mass is 16.5. The number of rotatable bonds is 8. The zero-order valence-corrected chi connectivity index (χ0v) is 15.9. The third kappa shape index (κ3) is 6.33. The van der Waals surface area contributed by atoms with Crippen LogP contribution in [0.25, 0.3) is 0 Å². The lowest BCUT2D eigenvalue weighted by atomic mass is 10.1. The first-order chi connectivity index (χ1) is 12.9. The lowest BCUT2D eigenvalue weighted by molar-refractivity contribution is -0.141. The van der Waals surface area contributed by atoms with Crippen molar-refractivity contribution in [3.63, 3.8) is 0 Å². The highest BCUT2D eigenvalue weighted by molar-refractivity contribution is 5.76. The zero-order chi connectivity index (χ0) is 19.8. The van der Waals surface area contributed by atoms with Crippen molar-refractivity contribution in [3.05, 3.63) is 65.7 Å². The molecule has 0 bridgehead atoms. The van der Waals surface area contributed by atoms with Crippen molar-refractivity contribution < 1.29 is 19.4 Å². The molecule has 144 valence electrons. The van der Waals surface area contributed by atoms with Gasteiger partial charge in [-0.2, -0.15) is 0 Å². The Morgan fingerprint density at radius 1 is 1.11 bits per heavy atom. The fraction of sp³-hybridized carbons (Fsp3) is 0.333. The van der Waals surface area contributed by atoms with Gasteiger partial charge in [-0.15, -0.1) is 0 Å². The molecule has 2 aromatic carbocycles. The molecule has 6 nitrogen and oxygen atoms in total. The molecule has 0 spiro atoms. The zero-order valence-electron chi connectivity index (χ0n) is 15.9. The molecule has 0 heterocycles. The van der Waals surface area contributed by atoms with E-state index in [9.17, 15) is 9.59 Å². The topological polar surface area (TPSA) is 78.9 Å². The Kier molecular flexibility index (Phi) is 7.23. The molecule has 0 aromatic heterocycles. The smallest absolute Gasteiger partial charge is 0.317 e. The molecule has 2 amide bonds. The number of hydrogen-bond acceptors (Lipinski definition) is 3. The monoisotopic (exact) mass is 370 g/mol. The molecule has 0 saturated carbocycles. The maximum atomic E-state index is 12.3. The average Bonchev–Trinajstić information content (AvgIpc) is 2.67. The van der Waals surface area contributed by atoms with Gasteiger partial charge >= 0.3 is 12.0 Å². The van der Waals surface area contributed by atoms with Gasteiger partial charge in [-0.25, -0.2) is 4.79 Å². The van der Waals surface area contributed by atoms with Gasteiger partial charge < -0.3 is 20.1 Å². The summed E-state index contributed by atoms with van der Waals surface area (Å²) in [5.41, 5.74) is 1.99. The quantitative estimate of drug-likeness (QED) is 0.743. The summed E-state index contributed by atoms with van der Waals surface area (Å²) < 4.78 is 5.83. The number of ether oxygens (including phenoxy) is 1. The van der Waals surface area contributed by atoms with E-state index in [1.165, 1.54) is 4.90 Å². The van der Waals surface area contributed by atoms with Crippen LogP contribution >= 0.6 is 0 Å². The fourth-order valence-corrected chi connectivity index (χ4v) is 2.57. The Hall–Kier alpha value is -3.02. The molecule has 1 unspecified atom stereocenters. The lowest BCUT2D eigenvalue weighted by Crippen LogP contribution is -2.41. The average molecular weight is 370 g/mol. The first kappa shape index (κ1) is 20.3. The van der Waals surface area contributed by atoms with E-state index >= 15 is 0 Å². The normalized spacial score (nSPS) is 12.7. The van der Waals surface area contributed by atoms with E-state index in [-0.39, 0.29) is 18.6 Å². The van der Waals surface area contributed by atoms with Gasteiger partial charge in [0.25, 0.3) is 0 Å². The van der Waals surface area contributed by atoms with E-state index in [1.54, 1.807) is 14.0 Å². The van der Waals surface area contributed by atoms with Gasteiger partial charge in [0, 0.05) is 13.6 Å². The van der Waals surface area contributed by atoms with E-state index in [0.717, 1.165) is 16.9 Å². The van der Waals surface area contributed by atoms with Gasteiger partial charge in [0.1, 0.15) is 12.4 Å². The van der Waals surface area contributed by atoms with Crippen LogP contribution in [0.5, 0.6) is 5.75 Å². The Labute approximate surface area is 159 Å². The van der Waals surface area contributed by atoms with Crippen molar-refractivity contribution in [2.45, 2.75) is 26.5 Å². The Morgan fingerprint density at radius 3 is 2.48 bits per heavy atom. The summed E-state index contributed by atoms with van der Waals surface area (Å²) in [4.78, 5) is 24.6. The summed E-state index contributed by atoms with van der Waals surface area (Å²) in [5.74, 6) is -0.818. The number of carbonyl (C=O) groups excluding carboxylic acids is 1. The van der Waals surface area contributed by atoms with Crippen molar-refractivity contribution in [1.82, 2.24) is 10.2 Å². The number of hydrogen-bond donors (Lipinski definition) is 2. The fourth-order valence-electron chi connectivity index (χ4n) is 2.57. The maximum Gasteiger partial charge on any atom is 0.317 e. The molecule has 0 fully saturated rings. The van der Waals surface area contributed by atoms with Gasteiger partial charge in [0.2, 0.25) is 0 Å². The second kappa shape index (κ2) is 9.62. The van der Waals surface area contributed by atoms with Gasteiger partial charge in [0.15, 0.2) is 0 Å². The summed E-state index contributed by atoms with van der Waals surface area (Å²) in [6.07, 6.45) is 0. The van der Waals surface area contributed by atoms with Crippen LogP contribution in [0, 0.1) is 5.92 Å². The minimum absolute atomic E-state index is 0.147. The van der Waals surface area contributed by atoms with Crippen LogP contribution in [0.2, 0.25) is 0 Å². The number of carboxylic acid groups (broad SMARTS) is 1. The summed E-state index contributed by atoms with van der Waals surface area (Å²) in [5, 5.41) is 11.8. The number of urea groups is 1. The maximum absolute atomic E-state index is 12.3. The van der Waals surface area contributed by atoms with Crippen molar-refractivity contribution in [2.24, 2.45) is 5.92 Å². The predicted octanol–water partition coefficient (Wildman–Crippen LogP) is 3.69. The Balaban J connectivity index is 1.93. The molecule has 2 N–H and O–H groups in total. The lowest BCUT2D eigenvalue weighted by Gasteiger charge is -2.23. The molecule has 27 heavy (non-hydrogen) atoms. The SMILES string of the molecule is CC(CN(C)C(=O)N[C@@H](C)c1cccc(OCc2ccccc2)c1)C(=O)O. The molecule has 0 aliphatic heterocycles. The number of nitrogens with zero attached hydrogens (tertiary/aromatic N) is 1. The number of amides is 2. The molecule has 2 aromatic rings. The van der Waals surface area contributed by atoms with Crippen LogP contribution in [0.3, 0.4) is 0 Å². The van der Waals surface area contributed by atoms with E-state index in [0.29, 0.717) is 6.61 Å². The third-order valence-electron chi connectivity index (χ3n) is 4.26. The summed E-state index contributed by atoms with van der Waals surface area (Å²) >= 11 is 0. The van der Waals surface area contributed by atoms with Crippen LogP contribution < -0.4 is 10.1 Å². The third-order valence-corrected chi connectivity index (χ3v) is 4.26. The van der Waals surface area contributed by atoms with Crippen molar-refractivity contribution in [1.29, 1.82) is 0 Å². The second-order valence-electron chi connectivity index (χ2n) is 6.64. The summed E-state index contributed by atoms with van der Waals surface area (Å²) in [6.45, 7) is 4.07. The summed E-state index contributed by atoms with van der Waals surface area (Å²) in [6, 6.07) is 16.9. The first-order valence-corrected chi connectivity index (χ1v) is 8.88. The minimum atomic E-state index is -0.925. The van der Waals surface area contributed by atoms with Crippen LogP contribution in [0.4, 0.5) is 4.79 Å². The number of carboxylic acids is 1. The molecule has 6 heteroatoms. The molecule has 0 radical (unpaired) electrons. The number of carbonyl (C=O) groups is 2. The molecule has 0 saturated heterocycles. The van der Waals surface area contributed by atoms with Crippen LogP contribution in [-0.4, -0.2) is 35.6 Å². The number of aliphatic carboxylic acids is 1. The molecule has 2 atom stereocenters. The van der Waals surface area contributed by atoms with E-state index in [2.05, 4.69) is 5.32 Å². The van der Waals surface area contributed by atoms with E-state index in [4.69, 9.17) is 9.84 Å². The molecule has 2 rings (SSSR count). The largest absolute Gasteiger partial charge is 0.489 e. The van der Waals surface area contributed by atoms with Gasteiger partial charge in [-0.1, -0.05) is 49.4 Å². The second-order valence-corrected chi connectivity index (χ2v) is 6.64. The van der Waals surface area contributed by atoms with Crippen LogP contribution in [0.15, 0.2) is 54.6 Å². The van der Waals surface area contributed by atoms with Crippen LogP contribution in [0.1, 0.15) is 31.0 Å². The van der Waals surface area contributed by atoms with Gasteiger partial charge in [-0.3, -0.25) is 4.79 Å². The van der Waals surface area contributed by atoms with Crippen molar-refractivity contribution >= 4 is 12.0 Å². The molecule has 0 aliphatic rings. The highest BCUT2D eigenvalue weighted by Gasteiger charge is 2.19. The minimum Gasteiger partial charge on any atom is -0.489 e. The van der Waals surface area contributed by atoms with E-state index < -0.39 is 11.9 Å². The summed E-state index contributed by atoms with van der Waals surface area (Å²) in [7, 11) is 1.58.